The summed E-state index contributed by atoms with van der Waals surface area (Å²) in [6.45, 7) is 0.899. The molecule has 0 bridgehead atoms. The lowest BCUT2D eigenvalue weighted by Crippen LogP contribution is -2.31. The topological polar surface area (TPSA) is 49.3 Å². The van der Waals surface area contributed by atoms with E-state index in [1.807, 2.05) is 24.3 Å². The molecule has 2 rings (SSSR count). The molecule has 0 unspecified atom stereocenters. The molecule has 1 amide bonds. The van der Waals surface area contributed by atoms with Crippen LogP contribution in [0.1, 0.15) is 24.8 Å². The van der Waals surface area contributed by atoms with E-state index in [2.05, 4.69) is 17.9 Å². The second kappa shape index (κ2) is 5.76. The number of rotatable bonds is 6. The number of nitrogens with one attached hydrogen (secondary N) is 1. The lowest BCUT2D eigenvalue weighted by molar-refractivity contribution is -0.120. The summed E-state index contributed by atoms with van der Waals surface area (Å²) in [4.78, 5) is 12.7. The van der Waals surface area contributed by atoms with Gasteiger partial charge < -0.3 is 10.4 Å². The van der Waals surface area contributed by atoms with Crippen molar-refractivity contribution >= 4 is 18.5 Å². The third kappa shape index (κ3) is 3.75. The zero-order chi connectivity index (χ0) is 13.0. The van der Waals surface area contributed by atoms with Crippen LogP contribution in [-0.2, 0) is 11.2 Å². The molecule has 1 saturated carbocycles. The Bertz CT molecular complexity index is 412. The summed E-state index contributed by atoms with van der Waals surface area (Å²) >= 11 is 4.21. The summed E-state index contributed by atoms with van der Waals surface area (Å²) in [5.41, 5.74) is 1.18. The molecule has 1 aromatic rings. The van der Waals surface area contributed by atoms with Gasteiger partial charge in [-0.15, -0.1) is 12.6 Å². The monoisotopic (exact) mass is 265 g/mol. The summed E-state index contributed by atoms with van der Waals surface area (Å²) in [5, 5.41) is 11.9. The fraction of sp³-hybridized carbons (Fsp3) is 0.500. The molecule has 1 aliphatic rings. The van der Waals surface area contributed by atoms with Gasteiger partial charge in [0.1, 0.15) is 0 Å². The SMILES string of the molecule is O=C(Cc1ccc(S)cc1)NCC1(CCO)CC1. The van der Waals surface area contributed by atoms with Gasteiger partial charge in [0.15, 0.2) is 0 Å². The molecule has 98 valence electrons. The van der Waals surface area contributed by atoms with E-state index in [0.29, 0.717) is 13.0 Å². The van der Waals surface area contributed by atoms with Crippen LogP contribution < -0.4 is 5.32 Å². The molecule has 0 aromatic heterocycles. The molecule has 2 N–H and O–H groups in total. The molecule has 4 heteroatoms. The number of carbonyl (C=O) groups is 1. The van der Waals surface area contributed by atoms with Crippen molar-refractivity contribution < 1.29 is 9.90 Å². The van der Waals surface area contributed by atoms with E-state index in [1.165, 1.54) is 0 Å². The van der Waals surface area contributed by atoms with Gasteiger partial charge >= 0.3 is 0 Å². The molecule has 18 heavy (non-hydrogen) atoms. The molecule has 0 aliphatic heterocycles. The van der Waals surface area contributed by atoms with E-state index in [9.17, 15) is 4.79 Å². The Morgan fingerprint density at radius 3 is 2.56 bits per heavy atom. The van der Waals surface area contributed by atoms with Gasteiger partial charge in [-0.1, -0.05) is 12.1 Å². The molecule has 0 spiro atoms. The Hall–Kier alpha value is -1.00. The maximum absolute atomic E-state index is 11.8. The molecular formula is C14H19NO2S. The minimum absolute atomic E-state index is 0.0473. The van der Waals surface area contributed by atoms with Gasteiger partial charge in [0.05, 0.1) is 6.42 Å². The fourth-order valence-corrected chi connectivity index (χ4v) is 2.23. The van der Waals surface area contributed by atoms with Crippen molar-refractivity contribution in [1.82, 2.24) is 5.32 Å². The van der Waals surface area contributed by atoms with Gasteiger partial charge in [0, 0.05) is 18.0 Å². The molecule has 1 fully saturated rings. The zero-order valence-electron chi connectivity index (χ0n) is 10.4. The molecule has 3 nitrogen and oxygen atoms in total. The smallest absolute Gasteiger partial charge is 0.224 e. The van der Waals surface area contributed by atoms with Crippen molar-refractivity contribution in [3.63, 3.8) is 0 Å². The van der Waals surface area contributed by atoms with Crippen molar-refractivity contribution in [3.05, 3.63) is 29.8 Å². The van der Waals surface area contributed by atoms with Crippen molar-refractivity contribution in [3.8, 4) is 0 Å². The molecule has 0 atom stereocenters. The zero-order valence-corrected chi connectivity index (χ0v) is 11.2. The largest absolute Gasteiger partial charge is 0.396 e. The van der Waals surface area contributed by atoms with E-state index in [1.54, 1.807) is 0 Å². The third-order valence-corrected chi connectivity index (χ3v) is 3.86. The predicted molar refractivity (Wildman–Crippen MR) is 73.8 cm³/mol. The second-order valence-electron chi connectivity index (χ2n) is 5.09. The number of hydrogen-bond donors (Lipinski definition) is 3. The van der Waals surface area contributed by atoms with Crippen LogP contribution >= 0.6 is 12.6 Å². The molecule has 0 radical (unpaired) electrons. The summed E-state index contributed by atoms with van der Waals surface area (Å²) in [7, 11) is 0. The lowest BCUT2D eigenvalue weighted by Gasteiger charge is -2.14. The third-order valence-electron chi connectivity index (χ3n) is 3.56. The highest BCUT2D eigenvalue weighted by molar-refractivity contribution is 7.80. The first-order valence-corrected chi connectivity index (χ1v) is 6.74. The Labute approximate surface area is 113 Å². The van der Waals surface area contributed by atoms with Crippen LogP contribution in [-0.4, -0.2) is 24.2 Å². The maximum Gasteiger partial charge on any atom is 0.224 e. The number of amides is 1. The summed E-state index contributed by atoms with van der Waals surface area (Å²) in [6, 6.07) is 7.62. The summed E-state index contributed by atoms with van der Waals surface area (Å²) < 4.78 is 0. The normalized spacial score (nSPS) is 16.3. The molecule has 0 heterocycles. The number of carbonyl (C=O) groups excluding carboxylic acids is 1. The summed E-state index contributed by atoms with van der Waals surface area (Å²) in [5.74, 6) is 0.0473. The van der Waals surface area contributed by atoms with Gasteiger partial charge in [-0.3, -0.25) is 4.79 Å². The lowest BCUT2D eigenvalue weighted by atomic mass is 10.0. The van der Waals surface area contributed by atoms with Crippen LogP contribution in [0.25, 0.3) is 0 Å². The van der Waals surface area contributed by atoms with E-state index in [4.69, 9.17) is 5.11 Å². The standard InChI is InChI=1S/C14H19NO2S/c16-8-7-14(5-6-14)10-15-13(17)9-11-1-3-12(18)4-2-11/h1-4,16,18H,5-10H2,(H,15,17). The van der Waals surface area contributed by atoms with E-state index < -0.39 is 0 Å². The number of aliphatic hydroxyl groups is 1. The highest BCUT2D eigenvalue weighted by Gasteiger charge is 2.41. The van der Waals surface area contributed by atoms with Gasteiger partial charge in [-0.25, -0.2) is 0 Å². The Morgan fingerprint density at radius 1 is 1.33 bits per heavy atom. The molecular weight excluding hydrogens is 246 g/mol. The maximum atomic E-state index is 11.8. The first-order valence-electron chi connectivity index (χ1n) is 6.29. The number of thiol groups is 1. The van der Waals surface area contributed by atoms with Gasteiger partial charge in [-0.05, 0) is 42.4 Å². The molecule has 1 aliphatic carbocycles. The first kappa shape index (κ1) is 13.4. The van der Waals surface area contributed by atoms with E-state index in [-0.39, 0.29) is 17.9 Å². The van der Waals surface area contributed by atoms with E-state index in [0.717, 1.165) is 29.7 Å². The van der Waals surface area contributed by atoms with Crippen molar-refractivity contribution in [1.29, 1.82) is 0 Å². The minimum Gasteiger partial charge on any atom is -0.396 e. The highest BCUT2D eigenvalue weighted by Crippen LogP contribution is 2.47. The Morgan fingerprint density at radius 2 is 2.00 bits per heavy atom. The van der Waals surface area contributed by atoms with Gasteiger partial charge in [0.2, 0.25) is 5.91 Å². The van der Waals surface area contributed by atoms with Crippen molar-refractivity contribution in [2.45, 2.75) is 30.6 Å². The van der Waals surface area contributed by atoms with Gasteiger partial charge in [0.25, 0.3) is 0 Å². The highest BCUT2D eigenvalue weighted by atomic mass is 32.1. The van der Waals surface area contributed by atoms with Crippen LogP contribution in [0.5, 0.6) is 0 Å². The minimum atomic E-state index is 0.0473. The number of hydrogen-bond acceptors (Lipinski definition) is 3. The van der Waals surface area contributed by atoms with Crippen molar-refractivity contribution in [2.75, 3.05) is 13.2 Å². The van der Waals surface area contributed by atoms with Crippen LogP contribution in [0, 0.1) is 5.41 Å². The summed E-state index contributed by atoms with van der Waals surface area (Å²) in [6.07, 6.45) is 3.43. The second-order valence-corrected chi connectivity index (χ2v) is 5.61. The molecule has 0 saturated heterocycles. The Balaban J connectivity index is 1.77. The van der Waals surface area contributed by atoms with Crippen LogP contribution in [0.2, 0.25) is 0 Å². The van der Waals surface area contributed by atoms with Crippen LogP contribution in [0.15, 0.2) is 29.2 Å². The van der Waals surface area contributed by atoms with Crippen LogP contribution in [0.3, 0.4) is 0 Å². The predicted octanol–water partition coefficient (Wildman–Crippen LogP) is 1.80. The van der Waals surface area contributed by atoms with E-state index >= 15 is 0 Å². The Kier molecular flexibility index (Phi) is 4.30. The number of aliphatic hydroxyl groups excluding tert-OH is 1. The number of benzene rings is 1. The van der Waals surface area contributed by atoms with Crippen molar-refractivity contribution in [2.24, 2.45) is 5.41 Å². The van der Waals surface area contributed by atoms with Crippen LogP contribution in [0.4, 0.5) is 0 Å². The fourth-order valence-electron chi connectivity index (χ4n) is 2.08. The average molecular weight is 265 g/mol. The quantitative estimate of drug-likeness (QED) is 0.687. The first-order chi connectivity index (χ1) is 8.63. The van der Waals surface area contributed by atoms with Gasteiger partial charge in [-0.2, -0.15) is 0 Å². The average Bonchev–Trinajstić information content (AvgIpc) is 3.11. The molecule has 1 aromatic carbocycles.